The Labute approximate surface area is 86.8 Å². The minimum Gasteiger partial charge on any atom is -0.496 e. The molecule has 0 saturated carbocycles. The van der Waals surface area contributed by atoms with Gasteiger partial charge in [0.25, 0.3) is 0 Å². The first kappa shape index (κ1) is 9.49. The van der Waals surface area contributed by atoms with E-state index in [1.54, 1.807) is 18.4 Å². The van der Waals surface area contributed by atoms with Crippen LogP contribution in [0.1, 0.15) is 5.56 Å². The van der Waals surface area contributed by atoms with E-state index in [0.29, 0.717) is 6.42 Å². The molecule has 2 rings (SSSR count). The number of rotatable bonds is 3. The molecule has 0 amide bonds. The molecule has 2 nitrogen and oxygen atoms in total. The van der Waals surface area contributed by atoms with Crippen molar-refractivity contribution in [3.8, 4) is 5.75 Å². The van der Waals surface area contributed by atoms with Crippen LogP contribution in [-0.2, 0) is 6.42 Å². The molecule has 3 heteroatoms. The maximum absolute atomic E-state index is 8.92. The zero-order valence-corrected chi connectivity index (χ0v) is 8.80. The van der Waals surface area contributed by atoms with Crippen molar-refractivity contribution < 1.29 is 9.84 Å². The Kier molecular flexibility index (Phi) is 2.70. The van der Waals surface area contributed by atoms with Crippen LogP contribution in [0.5, 0.6) is 5.75 Å². The van der Waals surface area contributed by atoms with Crippen molar-refractivity contribution in [2.45, 2.75) is 6.42 Å². The van der Waals surface area contributed by atoms with Crippen LogP contribution in [0.3, 0.4) is 0 Å². The van der Waals surface area contributed by atoms with E-state index in [4.69, 9.17) is 9.84 Å². The number of benzene rings is 1. The van der Waals surface area contributed by atoms with E-state index in [9.17, 15) is 0 Å². The number of aliphatic hydroxyl groups excluding tert-OH is 1. The van der Waals surface area contributed by atoms with E-state index in [1.165, 1.54) is 10.3 Å². The molecular formula is C11H12O2S. The summed E-state index contributed by atoms with van der Waals surface area (Å²) in [6, 6.07) is 6.01. The summed E-state index contributed by atoms with van der Waals surface area (Å²) in [6.07, 6.45) is 0.695. The molecule has 0 unspecified atom stereocenters. The molecule has 1 heterocycles. The SMILES string of the molecule is COc1cccc2scc(CCO)c12. The van der Waals surface area contributed by atoms with Crippen LogP contribution in [-0.4, -0.2) is 18.8 Å². The van der Waals surface area contributed by atoms with Gasteiger partial charge in [0.1, 0.15) is 5.75 Å². The van der Waals surface area contributed by atoms with Crippen LogP contribution in [0.2, 0.25) is 0 Å². The number of methoxy groups -OCH3 is 1. The summed E-state index contributed by atoms with van der Waals surface area (Å²) in [6.45, 7) is 0.184. The van der Waals surface area contributed by atoms with Crippen molar-refractivity contribution in [2.75, 3.05) is 13.7 Å². The summed E-state index contributed by atoms with van der Waals surface area (Å²) >= 11 is 1.69. The third-order valence-corrected chi connectivity index (χ3v) is 3.23. The van der Waals surface area contributed by atoms with Crippen molar-refractivity contribution in [3.63, 3.8) is 0 Å². The van der Waals surface area contributed by atoms with E-state index < -0.39 is 0 Å². The number of thiophene rings is 1. The summed E-state index contributed by atoms with van der Waals surface area (Å²) in [5, 5.41) is 12.2. The lowest BCUT2D eigenvalue weighted by atomic mass is 10.1. The van der Waals surface area contributed by atoms with Gasteiger partial charge >= 0.3 is 0 Å². The fraction of sp³-hybridized carbons (Fsp3) is 0.273. The second kappa shape index (κ2) is 3.98. The lowest BCUT2D eigenvalue weighted by Crippen LogP contribution is -1.90. The molecule has 0 bridgehead atoms. The van der Waals surface area contributed by atoms with Crippen molar-refractivity contribution in [2.24, 2.45) is 0 Å². The van der Waals surface area contributed by atoms with E-state index in [-0.39, 0.29) is 6.61 Å². The van der Waals surface area contributed by atoms with Gasteiger partial charge in [-0.05, 0) is 29.5 Å². The molecule has 1 aromatic heterocycles. The Bertz CT molecular complexity index is 434. The van der Waals surface area contributed by atoms with Crippen molar-refractivity contribution in [1.29, 1.82) is 0 Å². The first-order chi connectivity index (χ1) is 6.86. The summed E-state index contributed by atoms with van der Waals surface area (Å²) in [5.74, 6) is 0.896. The number of hydrogen-bond acceptors (Lipinski definition) is 3. The van der Waals surface area contributed by atoms with Crippen LogP contribution in [0.4, 0.5) is 0 Å². The van der Waals surface area contributed by atoms with Gasteiger partial charge in [-0.25, -0.2) is 0 Å². The Morgan fingerprint density at radius 2 is 2.29 bits per heavy atom. The highest BCUT2D eigenvalue weighted by Gasteiger charge is 2.08. The highest BCUT2D eigenvalue weighted by atomic mass is 32.1. The number of hydrogen-bond donors (Lipinski definition) is 1. The van der Waals surface area contributed by atoms with Gasteiger partial charge in [0.05, 0.1) is 7.11 Å². The molecule has 0 saturated heterocycles. The fourth-order valence-electron chi connectivity index (χ4n) is 1.59. The molecule has 0 aliphatic heterocycles. The fourth-order valence-corrected chi connectivity index (χ4v) is 2.61. The average Bonchev–Trinajstić information content (AvgIpc) is 2.62. The third-order valence-electron chi connectivity index (χ3n) is 2.24. The van der Waals surface area contributed by atoms with E-state index in [1.807, 2.05) is 12.1 Å². The molecule has 2 aromatic rings. The predicted molar refractivity (Wildman–Crippen MR) is 59.2 cm³/mol. The molecule has 1 aromatic carbocycles. The van der Waals surface area contributed by atoms with Gasteiger partial charge < -0.3 is 9.84 Å². The van der Waals surface area contributed by atoms with Gasteiger partial charge in [-0.3, -0.25) is 0 Å². The smallest absolute Gasteiger partial charge is 0.127 e. The molecular weight excluding hydrogens is 196 g/mol. The quantitative estimate of drug-likeness (QED) is 0.839. The van der Waals surface area contributed by atoms with Crippen molar-refractivity contribution in [3.05, 3.63) is 29.1 Å². The predicted octanol–water partition coefficient (Wildman–Crippen LogP) is 2.44. The lowest BCUT2D eigenvalue weighted by Gasteiger charge is -2.03. The standard InChI is InChI=1S/C11H12O2S/c1-13-9-3-2-4-10-11(9)8(5-6-12)7-14-10/h2-4,7,12H,5-6H2,1H3. The van der Waals surface area contributed by atoms with Gasteiger partial charge in [-0.1, -0.05) is 6.07 Å². The largest absolute Gasteiger partial charge is 0.496 e. The Balaban J connectivity index is 2.62. The van der Waals surface area contributed by atoms with Gasteiger partial charge in [-0.2, -0.15) is 0 Å². The Hall–Kier alpha value is -1.06. The minimum atomic E-state index is 0.184. The maximum atomic E-state index is 8.92. The highest BCUT2D eigenvalue weighted by molar-refractivity contribution is 7.17. The molecule has 0 atom stereocenters. The molecule has 0 fully saturated rings. The van der Waals surface area contributed by atoms with Crippen LogP contribution in [0.15, 0.2) is 23.6 Å². The van der Waals surface area contributed by atoms with Crippen LogP contribution >= 0.6 is 11.3 Å². The molecule has 74 valence electrons. The van der Waals surface area contributed by atoms with E-state index in [0.717, 1.165) is 11.1 Å². The van der Waals surface area contributed by atoms with Crippen molar-refractivity contribution >= 4 is 21.4 Å². The first-order valence-electron chi connectivity index (χ1n) is 4.50. The molecule has 14 heavy (non-hydrogen) atoms. The molecule has 0 aliphatic carbocycles. The summed E-state index contributed by atoms with van der Waals surface area (Å²) in [4.78, 5) is 0. The molecule has 1 N–H and O–H groups in total. The second-order valence-corrected chi connectivity index (χ2v) is 3.98. The minimum absolute atomic E-state index is 0.184. The zero-order valence-electron chi connectivity index (χ0n) is 7.99. The third kappa shape index (κ3) is 1.49. The summed E-state index contributed by atoms with van der Waals surface area (Å²) in [7, 11) is 1.68. The maximum Gasteiger partial charge on any atom is 0.127 e. The van der Waals surface area contributed by atoms with Gasteiger partial charge in [0.2, 0.25) is 0 Å². The summed E-state index contributed by atoms with van der Waals surface area (Å²) in [5.41, 5.74) is 1.17. The second-order valence-electron chi connectivity index (χ2n) is 3.07. The van der Waals surface area contributed by atoms with Crippen LogP contribution < -0.4 is 4.74 Å². The molecule has 0 spiro atoms. The zero-order chi connectivity index (χ0) is 9.97. The Morgan fingerprint density at radius 1 is 1.43 bits per heavy atom. The van der Waals surface area contributed by atoms with Gasteiger partial charge in [-0.15, -0.1) is 11.3 Å². The van der Waals surface area contributed by atoms with E-state index in [2.05, 4.69) is 11.4 Å². The van der Waals surface area contributed by atoms with Crippen molar-refractivity contribution in [1.82, 2.24) is 0 Å². The van der Waals surface area contributed by atoms with Gasteiger partial charge in [0.15, 0.2) is 0 Å². The first-order valence-corrected chi connectivity index (χ1v) is 5.38. The normalized spacial score (nSPS) is 10.7. The summed E-state index contributed by atoms with van der Waals surface area (Å²) < 4.78 is 6.51. The monoisotopic (exact) mass is 208 g/mol. The number of ether oxygens (including phenoxy) is 1. The average molecular weight is 208 g/mol. The Morgan fingerprint density at radius 3 is 3.00 bits per heavy atom. The highest BCUT2D eigenvalue weighted by Crippen LogP contribution is 2.33. The topological polar surface area (TPSA) is 29.5 Å². The molecule has 0 aliphatic rings. The lowest BCUT2D eigenvalue weighted by molar-refractivity contribution is 0.300. The molecule has 0 radical (unpaired) electrons. The number of aliphatic hydroxyl groups is 1. The van der Waals surface area contributed by atoms with Gasteiger partial charge in [0, 0.05) is 16.7 Å². The van der Waals surface area contributed by atoms with Crippen LogP contribution in [0.25, 0.3) is 10.1 Å². The van der Waals surface area contributed by atoms with E-state index >= 15 is 0 Å². The number of fused-ring (bicyclic) bond motifs is 1. The van der Waals surface area contributed by atoms with Crippen LogP contribution in [0, 0.1) is 0 Å².